The second-order valence-corrected chi connectivity index (χ2v) is 9.99. The standard InChI is InChI=1S/C20H27N3O4S2/c1-21-29(25,26)19-11-16(7-8-18(19)27-2)20(24)22-12-15-5-3-9-23(13-15)14-17-6-4-10-28-17/h4,6-8,10-11,15,21H,3,5,9,12-14H2,1-2H3,(H,22,24). The van der Waals surface area contributed by atoms with Gasteiger partial charge in [0.2, 0.25) is 10.0 Å². The van der Waals surface area contributed by atoms with Crippen LogP contribution in [0.3, 0.4) is 0 Å². The van der Waals surface area contributed by atoms with Gasteiger partial charge in [-0.2, -0.15) is 0 Å². The molecule has 0 aliphatic carbocycles. The summed E-state index contributed by atoms with van der Waals surface area (Å²) >= 11 is 1.77. The molecule has 2 aromatic rings. The number of thiophene rings is 1. The monoisotopic (exact) mass is 437 g/mol. The Morgan fingerprint density at radius 3 is 2.86 bits per heavy atom. The van der Waals surface area contributed by atoms with E-state index in [0.717, 1.165) is 32.5 Å². The molecule has 1 aliphatic heterocycles. The molecule has 1 aromatic carbocycles. The highest BCUT2D eigenvalue weighted by molar-refractivity contribution is 7.89. The largest absolute Gasteiger partial charge is 0.495 e. The lowest BCUT2D eigenvalue weighted by Gasteiger charge is -2.32. The lowest BCUT2D eigenvalue weighted by atomic mass is 9.98. The zero-order valence-electron chi connectivity index (χ0n) is 16.7. The first-order chi connectivity index (χ1) is 13.9. The van der Waals surface area contributed by atoms with Gasteiger partial charge in [-0.1, -0.05) is 6.07 Å². The zero-order valence-corrected chi connectivity index (χ0v) is 18.3. The summed E-state index contributed by atoms with van der Waals surface area (Å²) in [4.78, 5) is 16.3. The number of nitrogens with zero attached hydrogens (tertiary/aromatic N) is 1. The summed E-state index contributed by atoms with van der Waals surface area (Å²) in [7, 11) is -1.00. The Balaban J connectivity index is 1.61. The number of carbonyl (C=O) groups excluding carboxylic acids is 1. The molecule has 1 unspecified atom stereocenters. The van der Waals surface area contributed by atoms with Gasteiger partial charge in [0.1, 0.15) is 10.6 Å². The van der Waals surface area contributed by atoms with Crippen LogP contribution >= 0.6 is 11.3 Å². The van der Waals surface area contributed by atoms with Crippen LogP contribution in [0.25, 0.3) is 0 Å². The molecular formula is C20H27N3O4S2. The van der Waals surface area contributed by atoms with Crippen LogP contribution in [0.4, 0.5) is 0 Å². The number of benzene rings is 1. The van der Waals surface area contributed by atoms with Crippen molar-refractivity contribution in [3.05, 3.63) is 46.2 Å². The van der Waals surface area contributed by atoms with Crippen LogP contribution in [-0.2, 0) is 16.6 Å². The van der Waals surface area contributed by atoms with Crippen molar-refractivity contribution in [3.63, 3.8) is 0 Å². The highest BCUT2D eigenvalue weighted by Gasteiger charge is 2.23. The first kappa shape index (κ1) is 21.8. The second kappa shape index (κ2) is 9.71. The summed E-state index contributed by atoms with van der Waals surface area (Å²) in [6.45, 7) is 3.54. The normalized spacial score (nSPS) is 17.8. The SMILES string of the molecule is CNS(=O)(=O)c1cc(C(=O)NCC2CCCN(Cc3cccs3)C2)ccc1OC. The average molecular weight is 438 g/mol. The number of rotatable bonds is 8. The first-order valence-electron chi connectivity index (χ1n) is 9.57. The molecule has 0 saturated carbocycles. The Hall–Kier alpha value is -1.94. The van der Waals surface area contributed by atoms with Gasteiger partial charge in [0.25, 0.3) is 5.91 Å². The van der Waals surface area contributed by atoms with Gasteiger partial charge in [0.05, 0.1) is 7.11 Å². The molecule has 3 rings (SSSR count). The van der Waals surface area contributed by atoms with Gasteiger partial charge >= 0.3 is 0 Å². The molecule has 2 heterocycles. The predicted molar refractivity (Wildman–Crippen MR) is 114 cm³/mol. The highest BCUT2D eigenvalue weighted by atomic mass is 32.2. The minimum absolute atomic E-state index is 0.0464. The van der Waals surface area contributed by atoms with E-state index < -0.39 is 10.0 Å². The van der Waals surface area contributed by atoms with Gasteiger partial charge in [-0.15, -0.1) is 11.3 Å². The van der Waals surface area contributed by atoms with E-state index in [4.69, 9.17) is 4.74 Å². The third kappa shape index (κ3) is 5.57. The average Bonchev–Trinajstić information content (AvgIpc) is 3.24. The molecule has 1 fully saturated rings. The van der Waals surface area contributed by atoms with Crippen molar-refractivity contribution >= 4 is 27.3 Å². The molecule has 1 amide bonds. The number of amides is 1. The number of carbonyl (C=O) groups is 1. The van der Waals surface area contributed by atoms with Crippen LogP contribution in [-0.4, -0.2) is 53.0 Å². The molecule has 2 N–H and O–H groups in total. The van der Waals surface area contributed by atoms with Crippen LogP contribution in [0.15, 0.2) is 40.6 Å². The van der Waals surface area contributed by atoms with E-state index in [1.807, 2.05) is 0 Å². The Kier molecular flexibility index (Phi) is 7.28. The second-order valence-electron chi connectivity index (χ2n) is 7.11. The summed E-state index contributed by atoms with van der Waals surface area (Å²) in [6.07, 6.45) is 2.18. The molecule has 0 spiro atoms. The Morgan fingerprint density at radius 1 is 1.34 bits per heavy atom. The minimum Gasteiger partial charge on any atom is -0.495 e. The van der Waals surface area contributed by atoms with Gasteiger partial charge in [0.15, 0.2) is 0 Å². The van der Waals surface area contributed by atoms with Gasteiger partial charge < -0.3 is 10.1 Å². The summed E-state index contributed by atoms with van der Waals surface area (Å²) in [6, 6.07) is 8.65. The van der Waals surface area contributed by atoms with Crippen LogP contribution in [0.5, 0.6) is 5.75 Å². The van der Waals surface area contributed by atoms with Gasteiger partial charge in [-0.05, 0) is 62.0 Å². The Labute approximate surface area is 176 Å². The van der Waals surface area contributed by atoms with Crippen molar-refractivity contribution in [2.75, 3.05) is 33.8 Å². The lowest BCUT2D eigenvalue weighted by molar-refractivity contribution is 0.0930. The molecule has 1 atom stereocenters. The molecule has 9 heteroatoms. The smallest absolute Gasteiger partial charge is 0.251 e. The van der Waals surface area contributed by atoms with Crippen molar-refractivity contribution < 1.29 is 17.9 Å². The quantitative estimate of drug-likeness (QED) is 0.662. The van der Waals surface area contributed by atoms with Gasteiger partial charge in [0, 0.05) is 30.1 Å². The van der Waals surface area contributed by atoms with Crippen molar-refractivity contribution in [2.45, 2.75) is 24.3 Å². The van der Waals surface area contributed by atoms with Crippen molar-refractivity contribution in [1.29, 1.82) is 0 Å². The number of methoxy groups -OCH3 is 1. The summed E-state index contributed by atoms with van der Waals surface area (Å²) in [5.74, 6) is 0.300. The predicted octanol–water partition coefficient (Wildman–Crippen LogP) is 2.31. The van der Waals surface area contributed by atoms with E-state index in [-0.39, 0.29) is 16.6 Å². The number of piperidine rings is 1. The minimum atomic E-state index is -3.73. The van der Waals surface area contributed by atoms with Crippen molar-refractivity contribution in [3.8, 4) is 5.75 Å². The maximum absolute atomic E-state index is 12.6. The van der Waals surface area contributed by atoms with Crippen molar-refractivity contribution in [2.24, 2.45) is 5.92 Å². The van der Waals surface area contributed by atoms with E-state index in [0.29, 0.717) is 18.0 Å². The van der Waals surface area contributed by atoms with Crippen LogP contribution in [0.1, 0.15) is 28.1 Å². The molecule has 1 saturated heterocycles. The summed E-state index contributed by atoms with van der Waals surface area (Å²) in [5, 5.41) is 5.05. The molecule has 29 heavy (non-hydrogen) atoms. The summed E-state index contributed by atoms with van der Waals surface area (Å²) < 4.78 is 31.8. The van der Waals surface area contributed by atoms with Gasteiger partial charge in [-0.25, -0.2) is 13.1 Å². The first-order valence-corrected chi connectivity index (χ1v) is 11.9. The number of hydrogen-bond donors (Lipinski definition) is 2. The lowest BCUT2D eigenvalue weighted by Crippen LogP contribution is -2.40. The van der Waals surface area contributed by atoms with E-state index in [1.165, 1.54) is 31.2 Å². The summed E-state index contributed by atoms with van der Waals surface area (Å²) in [5.41, 5.74) is 0.297. The number of nitrogens with one attached hydrogen (secondary N) is 2. The molecule has 7 nitrogen and oxygen atoms in total. The van der Waals surface area contributed by atoms with E-state index in [1.54, 1.807) is 17.4 Å². The molecule has 1 aromatic heterocycles. The van der Waals surface area contributed by atoms with Crippen molar-refractivity contribution in [1.82, 2.24) is 14.9 Å². The fourth-order valence-electron chi connectivity index (χ4n) is 3.56. The number of ether oxygens (including phenoxy) is 1. The fourth-order valence-corrected chi connectivity index (χ4v) is 5.23. The maximum Gasteiger partial charge on any atom is 0.251 e. The maximum atomic E-state index is 12.6. The topological polar surface area (TPSA) is 87.7 Å². The fraction of sp³-hybridized carbons (Fsp3) is 0.450. The zero-order chi connectivity index (χ0) is 20.9. The van der Waals surface area contributed by atoms with Crippen LogP contribution in [0, 0.1) is 5.92 Å². The number of sulfonamides is 1. The third-order valence-electron chi connectivity index (χ3n) is 5.10. The Morgan fingerprint density at radius 2 is 2.17 bits per heavy atom. The van der Waals surface area contributed by atoms with Crippen LogP contribution < -0.4 is 14.8 Å². The third-order valence-corrected chi connectivity index (χ3v) is 7.39. The molecule has 0 radical (unpaired) electrons. The van der Waals surface area contributed by atoms with Gasteiger partial charge in [-0.3, -0.25) is 9.69 Å². The highest BCUT2D eigenvalue weighted by Crippen LogP contribution is 2.25. The molecule has 0 bridgehead atoms. The van der Waals surface area contributed by atoms with E-state index in [9.17, 15) is 13.2 Å². The van der Waals surface area contributed by atoms with E-state index in [2.05, 4.69) is 32.5 Å². The Bertz CT molecular complexity index is 929. The van der Waals surface area contributed by atoms with E-state index >= 15 is 0 Å². The molecular weight excluding hydrogens is 410 g/mol. The van der Waals surface area contributed by atoms with Crippen LogP contribution in [0.2, 0.25) is 0 Å². The molecule has 158 valence electrons. The molecule has 1 aliphatic rings. The number of hydrogen-bond acceptors (Lipinski definition) is 6. The number of likely N-dealkylation sites (tertiary alicyclic amines) is 1.